The molecule has 0 radical (unpaired) electrons. The van der Waals surface area contributed by atoms with E-state index in [2.05, 4.69) is 9.97 Å². The number of nitrogens with zero attached hydrogens (tertiary/aromatic N) is 2. The average molecular weight is 321 g/mol. The monoisotopic (exact) mass is 321 g/mol. The molecule has 0 amide bonds. The zero-order valence-electron chi connectivity index (χ0n) is 13.7. The topological polar surface area (TPSA) is 70.3 Å². The Labute approximate surface area is 141 Å². The van der Waals surface area contributed by atoms with Crippen LogP contribution in [0.3, 0.4) is 0 Å². The summed E-state index contributed by atoms with van der Waals surface area (Å²) in [6, 6.07) is 15.5. The van der Waals surface area contributed by atoms with Crippen LogP contribution < -0.4 is 15.2 Å². The van der Waals surface area contributed by atoms with Crippen molar-refractivity contribution in [3.63, 3.8) is 0 Å². The summed E-state index contributed by atoms with van der Waals surface area (Å²) in [5, 5.41) is 0. The number of anilines is 1. The number of nitrogen functional groups attached to an aromatic ring is 1. The summed E-state index contributed by atoms with van der Waals surface area (Å²) in [6.45, 7) is 0. The second-order valence-corrected chi connectivity index (χ2v) is 5.35. The largest absolute Gasteiger partial charge is 0.496 e. The lowest BCUT2D eigenvalue weighted by atomic mass is 10.1. The molecule has 5 heteroatoms. The summed E-state index contributed by atoms with van der Waals surface area (Å²) in [7, 11) is 3.26. The van der Waals surface area contributed by atoms with Crippen LogP contribution in [0.25, 0.3) is 11.3 Å². The minimum absolute atomic E-state index is 0.619. The first-order valence-corrected chi connectivity index (χ1v) is 7.58. The third kappa shape index (κ3) is 3.30. The van der Waals surface area contributed by atoms with Crippen LogP contribution in [0.5, 0.6) is 11.5 Å². The Morgan fingerprint density at radius 2 is 1.71 bits per heavy atom. The van der Waals surface area contributed by atoms with Crippen molar-refractivity contribution in [1.82, 2.24) is 9.97 Å². The van der Waals surface area contributed by atoms with Gasteiger partial charge < -0.3 is 15.2 Å². The van der Waals surface area contributed by atoms with E-state index in [-0.39, 0.29) is 0 Å². The molecule has 0 bridgehead atoms. The summed E-state index contributed by atoms with van der Waals surface area (Å²) >= 11 is 0. The maximum atomic E-state index is 5.97. The molecule has 5 nitrogen and oxygen atoms in total. The summed E-state index contributed by atoms with van der Waals surface area (Å²) < 4.78 is 10.6. The lowest BCUT2D eigenvalue weighted by Gasteiger charge is -2.09. The number of hydrogen-bond donors (Lipinski definition) is 1. The molecule has 1 aromatic heterocycles. The fourth-order valence-corrected chi connectivity index (χ4v) is 2.60. The second-order valence-electron chi connectivity index (χ2n) is 5.35. The van der Waals surface area contributed by atoms with Crippen LogP contribution in [-0.4, -0.2) is 24.2 Å². The minimum atomic E-state index is 0.619. The zero-order chi connectivity index (χ0) is 16.9. The fourth-order valence-electron chi connectivity index (χ4n) is 2.60. The predicted molar refractivity (Wildman–Crippen MR) is 94.2 cm³/mol. The minimum Gasteiger partial charge on any atom is -0.496 e. The van der Waals surface area contributed by atoms with Crippen molar-refractivity contribution in [2.24, 2.45) is 0 Å². The molecule has 3 aromatic rings. The Bertz CT molecular complexity index is 850. The number of para-hydroxylation sites is 1. The van der Waals surface area contributed by atoms with E-state index in [4.69, 9.17) is 15.2 Å². The molecule has 122 valence electrons. The molecular formula is C19H19N3O2. The lowest BCUT2D eigenvalue weighted by molar-refractivity contribution is 0.416. The molecule has 24 heavy (non-hydrogen) atoms. The summed E-state index contributed by atoms with van der Waals surface area (Å²) in [5.41, 5.74) is 10.3. The maximum absolute atomic E-state index is 5.97. The van der Waals surface area contributed by atoms with Gasteiger partial charge in [0.05, 0.1) is 25.6 Å². The Kier molecular flexibility index (Phi) is 4.61. The smallest absolute Gasteiger partial charge is 0.141 e. The number of hydrogen-bond acceptors (Lipinski definition) is 5. The third-order valence-corrected chi connectivity index (χ3v) is 3.79. The van der Waals surface area contributed by atoms with Crippen LogP contribution in [0, 0.1) is 0 Å². The van der Waals surface area contributed by atoms with Crippen molar-refractivity contribution in [3.05, 3.63) is 66.1 Å². The Hall–Kier alpha value is -3.08. The molecule has 0 unspecified atom stereocenters. The summed E-state index contributed by atoms with van der Waals surface area (Å²) in [5.74, 6) is 1.46. The zero-order valence-corrected chi connectivity index (χ0v) is 13.7. The van der Waals surface area contributed by atoms with E-state index in [1.165, 1.54) is 0 Å². The predicted octanol–water partition coefficient (Wildman–Crippen LogP) is 3.33. The van der Waals surface area contributed by atoms with E-state index in [1.54, 1.807) is 20.5 Å². The SMILES string of the molecule is COc1ccc(Cc2cc(-c3ccccc3OC)ncn2)cc1N. The molecule has 0 fully saturated rings. The van der Waals surface area contributed by atoms with Gasteiger partial charge in [-0.2, -0.15) is 0 Å². The van der Waals surface area contributed by atoms with Crippen LogP contribution in [0.1, 0.15) is 11.3 Å². The number of methoxy groups -OCH3 is 2. The molecule has 0 aliphatic rings. The van der Waals surface area contributed by atoms with Gasteiger partial charge in [-0.1, -0.05) is 18.2 Å². The number of rotatable bonds is 5. The first-order chi connectivity index (χ1) is 11.7. The first kappa shape index (κ1) is 15.8. The van der Waals surface area contributed by atoms with Gasteiger partial charge in [-0.15, -0.1) is 0 Å². The van der Waals surface area contributed by atoms with Crippen molar-refractivity contribution in [2.75, 3.05) is 20.0 Å². The number of benzene rings is 2. The highest BCUT2D eigenvalue weighted by molar-refractivity contribution is 5.67. The van der Waals surface area contributed by atoms with Crippen molar-refractivity contribution in [1.29, 1.82) is 0 Å². The van der Waals surface area contributed by atoms with Gasteiger partial charge in [0.15, 0.2) is 0 Å². The number of nitrogens with two attached hydrogens (primary N) is 1. The first-order valence-electron chi connectivity index (χ1n) is 7.58. The molecule has 3 rings (SSSR count). The molecule has 0 saturated carbocycles. The molecule has 0 aliphatic carbocycles. The van der Waals surface area contributed by atoms with Gasteiger partial charge >= 0.3 is 0 Å². The normalized spacial score (nSPS) is 10.4. The van der Waals surface area contributed by atoms with Gasteiger partial charge in [-0.25, -0.2) is 9.97 Å². The van der Waals surface area contributed by atoms with E-state index >= 15 is 0 Å². The molecule has 1 heterocycles. The van der Waals surface area contributed by atoms with Crippen LogP contribution in [0.4, 0.5) is 5.69 Å². The van der Waals surface area contributed by atoms with Crippen molar-refractivity contribution in [2.45, 2.75) is 6.42 Å². The van der Waals surface area contributed by atoms with Crippen molar-refractivity contribution < 1.29 is 9.47 Å². The Morgan fingerprint density at radius 3 is 2.46 bits per heavy atom. The van der Waals surface area contributed by atoms with Crippen molar-refractivity contribution >= 4 is 5.69 Å². The third-order valence-electron chi connectivity index (χ3n) is 3.79. The molecule has 0 aliphatic heterocycles. The highest BCUT2D eigenvalue weighted by atomic mass is 16.5. The molecule has 0 spiro atoms. The Morgan fingerprint density at radius 1 is 0.917 bits per heavy atom. The quantitative estimate of drug-likeness (QED) is 0.730. The maximum Gasteiger partial charge on any atom is 0.141 e. The molecule has 2 N–H and O–H groups in total. The van der Waals surface area contributed by atoms with Crippen LogP contribution >= 0.6 is 0 Å². The van der Waals surface area contributed by atoms with E-state index in [9.17, 15) is 0 Å². The molecule has 0 atom stereocenters. The lowest BCUT2D eigenvalue weighted by Crippen LogP contribution is -1.98. The van der Waals surface area contributed by atoms with E-state index in [1.807, 2.05) is 48.5 Å². The summed E-state index contributed by atoms with van der Waals surface area (Å²) in [6.07, 6.45) is 2.24. The molecular weight excluding hydrogens is 302 g/mol. The van der Waals surface area contributed by atoms with Gasteiger partial charge in [-0.05, 0) is 35.9 Å². The van der Waals surface area contributed by atoms with Gasteiger partial charge in [-0.3, -0.25) is 0 Å². The van der Waals surface area contributed by atoms with E-state index in [0.717, 1.165) is 28.3 Å². The highest BCUT2D eigenvalue weighted by Crippen LogP contribution is 2.28. The van der Waals surface area contributed by atoms with Crippen molar-refractivity contribution in [3.8, 4) is 22.8 Å². The van der Waals surface area contributed by atoms with Crippen LogP contribution in [0.15, 0.2) is 54.9 Å². The van der Waals surface area contributed by atoms with Crippen LogP contribution in [0.2, 0.25) is 0 Å². The van der Waals surface area contributed by atoms with Gasteiger partial charge in [0.2, 0.25) is 0 Å². The second kappa shape index (κ2) is 7.00. The number of aromatic nitrogens is 2. The Balaban J connectivity index is 1.89. The highest BCUT2D eigenvalue weighted by Gasteiger charge is 2.09. The van der Waals surface area contributed by atoms with Crippen LogP contribution in [-0.2, 0) is 6.42 Å². The number of ether oxygens (including phenoxy) is 2. The standard InChI is InChI=1S/C19H19N3O2/c1-23-18-6-4-3-5-15(18)17-11-14(21-12-22-17)9-13-7-8-19(24-2)16(20)10-13/h3-8,10-12H,9,20H2,1-2H3. The van der Waals surface area contributed by atoms with Gasteiger partial charge in [0.1, 0.15) is 17.8 Å². The van der Waals surface area contributed by atoms with E-state index in [0.29, 0.717) is 17.9 Å². The van der Waals surface area contributed by atoms with E-state index < -0.39 is 0 Å². The van der Waals surface area contributed by atoms with Gasteiger partial charge in [0, 0.05) is 17.7 Å². The molecule has 0 saturated heterocycles. The molecule has 2 aromatic carbocycles. The average Bonchev–Trinajstić information content (AvgIpc) is 2.62. The fraction of sp³-hybridized carbons (Fsp3) is 0.158. The summed E-state index contributed by atoms with van der Waals surface area (Å²) in [4.78, 5) is 8.73. The van der Waals surface area contributed by atoms with Gasteiger partial charge in [0.25, 0.3) is 0 Å².